The molecule has 0 atom stereocenters. The number of hydrogen-bond donors (Lipinski definition) is 2. The Morgan fingerprint density at radius 2 is 1.92 bits per heavy atom. The average Bonchev–Trinajstić information content (AvgIpc) is 2.59. The Balaban J connectivity index is 2.54. The van der Waals surface area contributed by atoms with E-state index < -0.39 is 15.9 Å². The van der Waals surface area contributed by atoms with E-state index in [-0.39, 0.29) is 22.9 Å². The maximum Gasteiger partial charge on any atom is 0.251 e. The van der Waals surface area contributed by atoms with Gasteiger partial charge in [-0.05, 0) is 31.5 Å². The van der Waals surface area contributed by atoms with Crippen molar-refractivity contribution in [1.29, 1.82) is 0 Å². The molecular weight excluding hydrogens is 346 g/mol. The lowest BCUT2D eigenvalue weighted by molar-refractivity contribution is -0.120. The molecule has 0 aliphatic rings. The fourth-order valence-corrected chi connectivity index (χ4v) is 2.83. The van der Waals surface area contributed by atoms with Crippen molar-refractivity contribution in [2.45, 2.75) is 18.2 Å². The monoisotopic (exact) mass is 371 g/mol. The molecule has 0 radical (unpaired) electrons. The summed E-state index contributed by atoms with van der Waals surface area (Å²) in [5.74, 6) is -0.831. The van der Waals surface area contributed by atoms with E-state index in [4.69, 9.17) is 4.74 Å². The Morgan fingerprint density at radius 3 is 2.56 bits per heavy atom. The molecule has 0 heterocycles. The first-order valence-electron chi connectivity index (χ1n) is 7.94. The first-order chi connectivity index (χ1) is 11.8. The molecule has 0 aliphatic heterocycles. The maximum atomic E-state index is 12.1. The molecular formula is C16H25N3O5S. The van der Waals surface area contributed by atoms with Gasteiger partial charge >= 0.3 is 0 Å². The zero-order valence-corrected chi connectivity index (χ0v) is 15.6. The molecule has 1 aromatic carbocycles. The Hall–Kier alpha value is -1.97. The lowest BCUT2D eigenvalue weighted by atomic mass is 10.2. The highest BCUT2D eigenvalue weighted by Gasteiger charge is 2.18. The number of carbonyl (C=O) groups is 2. The fourth-order valence-electron chi connectivity index (χ4n) is 1.88. The van der Waals surface area contributed by atoms with E-state index in [9.17, 15) is 18.0 Å². The van der Waals surface area contributed by atoms with Gasteiger partial charge in [0.2, 0.25) is 15.9 Å². The average molecular weight is 371 g/mol. The second-order valence-corrected chi connectivity index (χ2v) is 7.55. The highest BCUT2D eigenvalue weighted by Crippen LogP contribution is 2.14. The van der Waals surface area contributed by atoms with Crippen molar-refractivity contribution in [3.05, 3.63) is 29.8 Å². The van der Waals surface area contributed by atoms with Crippen LogP contribution in [0.4, 0.5) is 0 Å². The molecule has 0 aliphatic carbocycles. The lowest BCUT2D eigenvalue weighted by Crippen LogP contribution is -2.37. The zero-order valence-electron chi connectivity index (χ0n) is 14.7. The van der Waals surface area contributed by atoms with Gasteiger partial charge in [-0.1, -0.05) is 6.07 Å². The molecule has 0 spiro atoms. The zero-order chi connectivity index (χ0) is 18.9. The number of nitrogens with zero attached hydrogens (tertiary/aromatic N) is 1. The van der Waals surface area contributed by atoms with E-state index in [1.54, 1.807) is 0 Å². The lowest BCUT2D eigenvalue weighted by Gasteiger charge is -2.12. The number of rotatable bonds is 10. The summed E-state index contributed by atoms with van der Waals surface area (Å²) in [5.41, 5.74) is 0.173. The van der Waals surface area contributed by atoms with Crippen LogP contribution in [0.5, 0.6) is 0 Å². The number of nitrogens with one attached hydrogen (secondary N) is 2. The Kier molecular flexibility index (Phi) is 8.53. The number of hydrogen-bond acceptors (Lipinski definition) is 5. The quantitative estimate of drug-likeness (QED) is 0.572. The van der Waals surface area contributed by atoms with Gasteiger partial charge in [0, 0.05) is 39.4 Å². The second kappa shape index (κ2) is 10.1. The summed E-state index contributed by atoms with van der Waals surface area (Å²) in [4.78, 5) is 23.8. The molecule has 140 valence electrons. The summed E-state index contributed by atoms with van der Waals surface area (Å²) >= 11 is 0. The van der Waals surface area contributed by atoms with Gasteiger partial charge in [-0.3, -0.25) is 9.59 Å². The Bertz CT molecular complexity index is 689. The van der Waals surface area contributed by atoms with Gasteiger partial charge in [0.05, 0.1) is 11.4 Å². The molecule has 8 nitrogen and oxygen atoms in total. The fraction of sp³-hybridized carbons (Fsp3) is 0.500. The molecule has 1 rings (SSSR count). The standard InChI is InChI=1S/C16H25N3O5S/c1-4-24-10-6-9-17-15(20)12-18-16(21)13-7-5-8-14(11-13)25(22,23)19(2)3/h5,7-8,11H,4,6,9-10,12H2,1-3H3,(H,17,20)(H,18,21). The highest BCUT2D eigenvalue weighted by atomic mass is 32.2. The summed E-state index contributed by atoms with van der Waals surface area (Å²) in [5, 5.41) is 5.13. The van der Waals surface area contributed by atoms with Crippen LogP contribution in [0, 0.1) is 0 Å². The van der Waals surface area contributed by atoms with Gasteiger partial charge in [0.1, 0.15) is 0 Å². The van der Waals surface area contributed by atoms with Gasteiger partial charge in [-0.2, -0.15) is 0 Å². The SMILES string of the molecule is CCOCCCNC(=O)CNC(=O)c1cccc(S(=O)(=O)N(C)C)c1. The van der Waals surface area contributed by atoms with Crippen molar-refractivity contribution in [1.82, 2.24) is 14.9 Å². The minimum Gasteiger partial charge on any atom is -0.382 e. The minimum absolute atomic E-state index is 0.0190. The largest absolute Gasteiger partial charge is 0.382 e. The number of sulfonamides is 1. The van der Waals surface area contributed by atoms with Crippen LogP contribution in [0.3, 0.4) is 0 Å². The van der Waals surface area contributed by atoms with Crippen LogP contribution < -0.4 is 10.6 Å². The van der Waals surface area contributed by atoms with E-state index in [1.165, 1.54) is 38.4 Å². The smallest absolute Gasteiger partial charge is 0.251 e. The van der Waals surface area contributed by atoms with Gasteiger partial charge in [0.15, 0.2) is 0 Å². The van der Waals surface area contributed by atoms with Gasteiger partial charge < -0.3 is 15.4 Å². The predicted octanol–water partition coefficient (Wildman–Crippen LogP) is 0.210. The Morgan fingerprint density at radius 1 is 1.20 bits per heavy atom. The summed E-state index contributed by atoms with van der Waals surface area (Å²) in [6.45, 7) is 3.37. The van der Waals surface area contributed by atoms with E-state index in [0.29, 0.717) is 26.2 Å². The Labute approximate surface area is 148 Å². The van der Waals surface area contributed by atoms with Crippen LogP contribution in [-0.2, 0) is 19.6 Å². The molecule has 0 saturated heterocycles. The van der Waals surface area contributed by atoms with Gasteiger partial charge in [-0.15, -0.1) is 0 Å². The van der Waals surface area contributed by atoms with E-state index in [1.807, 2.05) is 6.92 Å². The van der Waals surface area contributed by atoms with Crippen molar-refractivity contribution < 1.29 is 22.7 Å². The minimum atomic E-state index is -3.62. The highest BCUT2D eigenvalue weighted by molar-refractivity contribution is 7.89. The first-order valence-corrected chi connectivity index (χ1v) is 9.38. The van der Waals surface area contributed by atoms with Crippen LogP contribution in [-0.4, -0.2) is 64.9 Å². The molecule has 2 amide bonds. The topological polar surface area (TPSA) is 105 Å². The normalized spacial score (nSPS) is 11.4. The molecule has 1 aromatic rings. The van der Waals surface area contributed by atoms with Gasteiger partial charge in [0.25, 0.3) is 5.91 Å². The summed E-state index contributed by atoms with van der Waals surface area (Å²) < 4.78 is 30.4. The third kappa shape index (κ3) is 6.81. The second-order valence-electron chi connectivity index (χ2n) is 5.40. The van der Waals surface area contributed by atoms with Crippen molar-refractivity contribution >= 4 is 21.8 Å². The van der Waals surface area contributed by atoms with E-state index in [0.717, 1.165) is 4.31 Å². The number of amides is 2. The number of ether oxygens (including phenoxy) is 1. The summed E-state index contributed by atoms with van der Waals surface area (Å²) in [7, 11) is -0.792. The summed E-state index contributed by atoms with van der Waals surface area (Å²) in [6, 6.07) is 5.67. The number of carbonyl (C=O) groups excluding carboxylic acids is 2. The van der Waals surface area contributed by atoms with Crippen LogP contribution in [0.2, 0.25) is 0 Å². The van der Waals surface area contributed by atoms with Crippen LogP contribution in [0.25, 0.3) is 0 Å². The van der Waals surface area contributed by atoms with Crippen LogP contribution >= 0.6 is 0 Å². The maximum absolute atomic E-state index is 12.1. The third-order valence-electron chi connectivity index (χ3n) is 3.28. The predicted molar refractivity (Wildman–Crippen MR) is 93.8 cm³/mol. The van der Waals surface area contributed by atoms with Crippen molar-refractivity contribution in [2.75, 3.05) is 40.4 Å². The molecule has 0 saturated carbocycles. The van der Waals surface area contributed by atoms with Crippen molar-refractivity contribution in [3.63, 3.8) is 0 Å². The van der Waals surface area contributed by atoms with E-state index >= 15 is 0 Å². The third-order valence-corrected chi connectivity index (χ3v) is 5.09. The molecule has 9 heteroatoms. The molecule has 0 bridgehead atoms. The molecule has 0 unspecified atom stereocenters. The first kappa shape index (κ1) is 21.1. The number of benzene rings is 1. The van der Waals surface area contributed by atoms with Crippen LogP contribution in [0.1, 0.15) is 23.7 Å². The van der Waals surface area contributed by atoms with Gasteiger partial charge in [-0.25, -0.2) is 12.7 Å². The van der Waals surface area contributed by atoms with E-state index in [2.05, 4.69) is 10.6 Å². The van der Waals surface area contributed by atoms with Crippen LogP contribution in [0.15, 0.2) is 29.2 Å². The molecule has 0 fully saturated rings. The molecule has 0 aromatic heterocycles. The molecule has 25 heavy (non-hydrogen) atoms. The van der Waals surface area contributed by atoms with Crippen molar-refractivity contribution in [2.24, 2.45) is 0 Å². The van der Waals surface area contributed by atoms with Crippen molar-refractivity contribution in [3.8, 4) is 0 Å². The molecule has 2 N–H and O–H groups in total. The summed E-state index contributed by atoms with van der Waals surface area (Å²) in [6.07, 6.45) is 0.692.